The maximum atomic E-state index is 11.6. The predicted molar refractivity (Wildman–Crippen MR) is 99.0 cm³/mol. The Morgan fingerprint density at radius 2 is 1.69 bits per heavy atom. The van der Waals surface area contributed by atoms with Gasteiger partial charge in [-0.05, 0) is 18.4 Å². The van der Waals surface area contributed by atoms with Gasteiger partial charge < -0.3 is 0 Å². The summed E-state index contributed by atoms with van der Waals surface area (Å²) in [7, 11) is 0. The number of nitrogens with zero attached hydrogens (tertiary/aromatic N) is 4. The van der Waals surface area contributed by atoms with Crippen LogP contribution in [0.3, 0.4) is 0 Å². The molecule has 0 N–H and O–H groups in total. The van der Waals surface area contributed by atoms with Gasteiger partial charge in [-0.1, -0.05) is 54.6 Å². The lowest BCUT2D eigenvalue weighted by Crippen LogP contribution is -1.99. The fraction of sp³-hybridized carbons (Fsp3) is 0.143. The SMILES string of the molecule is O=Cc1ccccc1-c1nc2nc(C3CC3)nn2cc1-c1ccccc1. The van der Waals surface area contributed by atoms with E-state index in [0.717, 1.165) is 47.3 Å². The van der Waals surface area contributed by atoms with Crippen LogP contribution in [0.2, 0.25) is 0 Å². The Bertz CT molecular complexity index is 1110. The van der Waals surface area contributed by atoms with Crippen LogP contribution in [0.1, 0.15) is 34.9 Å². The molecule has 26 heavy (non-hydrogen) atoms. The molecule has 0 aliphatic heterocycles. The molecule has 2 aromatic heterocycles. The van der Waals surface area contributed by atoms with Crippen molar-refractivity contribution in [2.45, 2.75) is 18.8 Å². The van der Waals surface area contributed by atoms with Gasteiger partial charge in [0, 0.05) is 28.8 Å². The highest BCUT2D eigenvalue weighted by atomic mass is 16.1. The Balaban J connectivity index is 1.80. The van der Waals surface area contributed by atoms with Gasteiger partial charge in [-0.3, -0.25) is 4.79 Å². The summed E-state index contributed by atoms with van der Waals surface area (Å²) < 4.78 is 1.75. The van der Waals surface area contributed by atoms with E-state index in [1.807, 2.05) is 60.8 Å². The number of hydrogen-bond donors (Lipinski definition) is 0. The van der Waals surface area contributed by atoms with Gasteiger partial charge in [0.25, 0.3) is 5.78 Å². The van der Waals surface area contributed by atoms with Crippen LogP contribution in [0.15, 0.2) is 60.8 Å². The fourth-order valence-corrected chi connectivity index (χ4v) is 3.20. The van der Waals surface area contributed by atoms with Gasteiger partial charge in [0.1, 0.15) is 0 Å². The summed E-state index contributed by atoms with van der Waals surface area (Å²) in [5, 5.41) is 4.61. The normalized spacial score (nSPS) is 13.8. The topological polar surface area (TPSA) is 60.2 Å². The monoisotopic (exact) mass is 340 g/mol. The van der Waals surface area contributed by atoms with Crippen molar-refractivity contribution in [3.8, 4) is 22.4 Å². The first-order chi connectivity index (χ1) is 12.8. The highest BCUT2D eigenvalue weighted by Gasteiger charge is 2.28. The molecule has 5 heteroatoms. The van der Waals surface area contributed by atoms with Gasteiger partial charge in [-0.2, -0.15) is 4.98 Å². The smallest absolute Gasteiger partial charge is 0.253 e. The van der Waals surface area contributed by atoms with Crippen molar-refractivity contribution in [3.05, 3.63) is 72.2 Å². The van der Waals surface area contributed by atoms with E-state index in [9.17, 15) is 4.79 Å². The van der Waals surface area contributed by atoms with Gasteiger partial charge >= 0.3 is 0 Å². The molecular formula is C21H16N4O. The summed E-state index contributed by atoms with van der Waals surface area (Å²) in [5.74, 6) is 1.89. The molecule has 0 bridgehead atoms. The fourth-order valence-electron chi connectivity index (χ4n) is 3.20. The molecule has 2 aromatic carbocycles. The van der Waals surface area contributed by atoms with E-state index in [2.05, 4.69) is 10.1 Å². The second-order valence-corrected chi connectivity index (χ2v) is 6.56. The molecule has 0 spiro atoms. The highest BCUT2D eigenvalue weighted by molar-refractivity contribution is 5.91. The zero-order valence-electron chi connectivity index (χ0n) is 14.0. The van der Waals surface area contributed by atoms with E-state index in [1.165, 1.54) is 0 Å². The van der Waals surface area contributed by atoms with Crippen molar-refractivity contribution in [2.24, 2.45) is 0 Å². The molecule has 0 unspecified atom stereocenters. The van der Waals surface area contributed by atoms with Crippen molar-refractivity contribution in [1.29, 1.82) is 0 Å². The summed E-state index contributed by atoms with van der Waals surface area (Å²) in [4.78, 5) is 20.9. The van der Waals surface area contributed by atoms with Crippen molar-refractivity contribution in [2.75, 3.05) is 0 Å². The third-order valence-electron chi connectivity index (χ3n) is 4.72. The molecule has 0 saturated heterocycles. The van der Waals surface area contributed by atoms with Crippen molar-refractivity contribution in [1.82, 2.24) is 19.6 Å². The Labute approximate surface area is 150 Å². The first-order valence-corrected chi connectivity index (χ1v) is 8.71. The lowest BCUT2D eigenvalue weighted by molar-refractivity contribution is 0.112. The molecule has 2 heterocycles. The molecule has 0 atom stereocenters. The van der Waals surface area contributed by atoms with Crippen LogP contribution in [-0.2, 0) is 0 Å². The predicted octanol–water partition coefficient (Wildman–Crippen LogP) is 4.15. The standard InChI is InChI=1S/C21H16N4O/c26-13-16-8-4-5-9-17(16)19-18(14-6-2-1-3-7-14)12-25-21(22-19)23-20(24-25)15-10-11-15/h1-9,12-13,15H,10-11H2. The Kier molecular flexibility index (Phi) is 3.38. The van der Waals surface area contributed by atoms with Gasteiger partial charge in [-0.25, -0.2) is 9.50 Å². The van der Waals surface area contributed by atoms with Crippen LogP contribution in [0.4, 0.5) is 0 Å². The minimum Gasteiger partial charge on any atom is -0.298 e. The molecule has 1 aliphatic rings. The van der Waals surface area contributed by atoms with E-state index in [-0.39, 0.29) is 0 Å². The number of aromatic nitrogens is 4. The number of aldehydes is 1. The summed E-state index contributed by atoms with van der Waals surface area (Å²) in [5.41, 5.74) is 4.13. The first-order valence-electron chi connectivity index (χ1n) is 8.71. The molecule has 0 amide bonds. The number of hydrogen-bond acceptors (Lipinski definition) is 4. The Morgan fingerprint density at radius 1 is 0.923 bits per heavy atom. The van der Waals surface area contributed by atoms with Gasteiger partial charge in [0.2, 0.25) is 0 Å². The van der Waals surface area contributed by atoms with E-state index in [0.29, 0.717) is 17.3 Å². The second-order valence-electron chi connectivity index (χ2n) is 6.56. The van der Waals surface area contributed by atoms with E-state index in [1.54, 1.807) is 4.52 Å². The Hall–Kier alpha value is -3.34. The maximum absolute atomic E-state index is 11.6. The van der Waals surface area contributed by atoms with Crippen molar-refractivity contribution in [3.63, 3.8) is 0 Å². The van der Waals surface area contributed by atoms with Crippen LogP contribution in [0, 0.1) is 0 Å². The minimum absolute atomic E-state index is 0.461. The summed E-state index contributed by atoms with van der Waals surface area (Å²) in [6, 6.07) is 17.5. The summed E-state index contributed by atoms with van der Waals surface area (Å²) in [6.07, 6.45) is 5.12. The summed E-state index contributed by atoms with van der Waals surface area (Å²) >= 11 is 0. The third kappa shape index (κ3) is 2.49. The summed E-state index contributed by atoms with van der Waals surface area (Å²) in [6.45, 7) is 0. The second kappa shape index (κ2) is 5.88. The quantitative estimate of drug-likeness (QED) is 0.524. The number of benzene rings is 2. The molecule has 1 fully saturated rings. The minimum atomic E-state index is 0.461. The number of fused-ring (bicyclic) bond motifs is 1. The highest BCUT2D eigenvalue weighted by Crippen LogP contribution is 2.38. The maximum Gasteiger partial charge on any atom is 0.253 e. The van der Waals surface area contributed by atoms with Crippen LogP contribution < -0.4 is 0 Å². The van der Waals surface area contributed by atoms with Gasteiger partial charge in [-0.15, -0.1) is 5.10 Å². The number of carbonyl (C=O) groups is 1. The average molecular weight is 340 g/mol. The van der Waals surface area contributed by atoms with Crippen molar-refractivity contribution < 1.29 is 4.79 Å². The lowest BCUT2D eigenvalue weighted by atomic mass is 9.98. The van der Waals surface area contributed by atoms with E-state index >= 15 is 0 Å². The molecule has 5 rings (SSSR count). The number of rotatable bonds is 4. The first kappa shape index (κ1) is 15.0. The van der Waals surface area contributed by atoms with E-state index in [4.69, 9.17) is 4.98 Å². The number of carbonyl (C=O) groups excluding carboxylic acids is 1. The van der Waals surface area contributed by atoms with Gasteiger partial charge in [0.05, 0.1) is 5.69 Å². The molecule has 1 saturated carbocycles. The zero-order valence-corrected chi connectivity index (χ0v) is 14.0. The molecule has 5 nitrogen and oxygen atoms in total. The molecular weight excluding hydrogens is 324 g/mol. The van der Waals surface area contributed by atoms with Crippen molar-refractivity contribution >= 4 is 12.1 Å². The van der Waals surface area contributed by atoms with Crippen LogP contribution in [-0.4, -0.2) is 25.9 Å². The average Bonchev–Trinajstić information content (AvgIpc) is 3.47. The third-order valence-corrected chi connectivity index (χ3v) is 4.72. The molecule has 0 radical (unpaired) electrons. The van der Waals surface area contributed by atoms with Crippen LogP contribution >= 0.6 is 0 Å². The molecule has 126 valence electrons. The largest absolute Gasteiger partial charge is 0.298 e. The van der Waals surface area contributed by atoms with Crippen LogP contribution in [0.5, 0.6) is 0 Å². The van der Waals surface area contributed by atoms with Gasteiger partial charge in [0.15, 0.2) is 12.1 Å². The zero-order chi connectivity index (χ0) is 17.5. The lowest BCUT2D eigenvalue weighted by Gasteiger charge is -2.11. The Morgan fingerprint density at radius 3 is 2.46 bits per heavy atom. The van der Waals surface area contributed by atoms with Crippen LogP contribution in [0.25, 0.3) is 28.2 Å². The molecule has 4 aromatic rings. The van der Waals surface area contributed by atoms with E-state index < -0.39 is 0 Å². The molecule has 1 aliphatic carbocycles.